The Bertz CT molecular complexity index is 1690. The zero-order valence-electron chi connectivity index (χ0n) is 21.2. The number of aromatic nitrogens is 4. The summed E-state index contributed by atoms with van der Waals surface area (Å²) in [5.74, 6) is 2.91. The maximum absolute atomic E-state index is 12.8. The van der Waals surface area contributed by atoms with Gasteiger partial charge in [0.05, 0.1) is 23.6 Å². The molecule has 5 aromatic rings. The first-order valence-electron chi connectivity index (χ1n) is 12.2. The van der Waals surface area contributed by atoms with Crippen LogP contribution in [0.5, 0.6) is 17.2 Å². The molecule has 1 aliphatic heterocycles. The topological polar surface area (TPSA) is 100 Å². The first kappa shape index (κ1) is 26.2. The number of halogens is 1. The number of carbonyl (C=O) groups is 1. The zero-order valence-corrected chi connectivity index (χ0v) is 23.6. The number of methoxy groups -OCH3 is 1. The van der Waals surface area contributed by atoms with Gasteiger partial charge in [0, 0.05) is 17.5 Å². The Kier molecular flexibility index (Phi) is 7.58. The van der Waals surface area contributed by atoms with Crippen molar-refractivity contribution in [3.05, 3.63) is 93.4 Å². The van der Waals surface area contributed by atoms with Gasteiger partial charge in [0.1, 0.15) is 16.5 Å². The van der Waals surface area contributed by atoms with E-state index in [2.05, 4.69) is 20.5 Å². The Morgan fingerprint density at radius 1 is 1.10 bits per heavy atom. The molecular formula is C28H22ClN5O4S2. The largest absolute Gasteiger partial charge is 0.495 e. The summed E-state index contributed by atoms with van der Waals surface area (Å²) in [4.78, 5) is 17.3. The van der Waals surface area contributed by atoms with Crippen molar-refractivity contribution in [1.82, 2.24) is 25.1 Å². The number of nitrogens with zero attached hydrogens (tertiary/aromatic N) is 4. The van der Waals surface area contributed by atoms with E-state index in [9.17, 15) is 4.79 Å². The summed E-state index contributed by atoms with van der Waals surface area (Å²) in [7, 11) is 1.62. The van der Waals surface area contributed by atoms with Gasteiger partial charge in [-0.1, -0.05) is 53.7 Å². The summed E-state index contributed by atoms with van der Waals surface area (Å²) in [6.45, 7) is 0.561. The van der Waals surface area contributed by atoms with Crippen LogP contribution in [0.3, 0.4) is 0 Å². The number of nitrogens with one attached hydrogen (secondary N) is 1. The molecule has 0 bridgehead atoms. The van der Waals surface area contributed by atoms with E-state index in [-0.39, 0.29) is 12.7 Å². The standard InChI is InChI=1S/C28H22ClN5O4S2/c1-36-22-9-5-4-8-21(22)34-26(18-6-2-3-7-19(18)29)32-33-28(34)40-15-25-31-20(14-39-25)27(35)30-13-17-10-11-23-24(12-17)38-16-37-23/h2-12,14H,13,15-16H2,1H3,(H,30,35). The van der Waals surface area contributed by atoms with Crippen LogP contribution in [0.15, 0.2) is 77.3 Å². The third kappa shape index (κ3) is 5.35. The molecule has 0 fully saturated rings. The van der Waals surface area contributed by atoms with Crippen molar-refractivity contribution in [3.8, 4) is 34.3 Å². The number of thioether (sulfide) groups is 1. The van der Waals surface area contributed by atoms with Crippen LogP contribution in [0, 0.1) is 0 Å². The van der Waals surface area contributed by atoms with Crippen molar-refractivity contribution in [2.75, 3.05) is 13.9 Å². The van der Waals surface area contributed by atoms with Gasteiger partial charge < -0.3 is 19.5 Å². The zero-order chi connectivity index (χ0) is 27.5. The van der Waals surface area contributed by atoms with Crippen LogP contribution in [0.2, 0.25) is 5.02 Å². The quantitative estimate of drug-likeness (QED) is 0.208. The first-order valence-corrected chi connectivity index (χ1v) is 14.4. The van der Waals surface area contributed by atoms with E-state index >= 15 is 0 Å². The van der Waals surface area contributed by atoms with E-state index in [1.807, 2.05) is 71.3 Å². The third-order valence-electron chi connectivity index (χ3n) is 6.07. The summed E-state index contributed by atoms with van der Waals surface area (Å²) >= 11 is 9.40. The number of ether oxygens (including phenoxy) is 3. The molecule has 0 spiro atoms. The third-order valence-corrected chi connectivity index (χ3v) is 8.37. The molecule has 9 nitrogen and oxygen atoms in total. The van der Waals surface area contributed by atoms with Crippen molar-refractivity contribution in [1.29, 1.82) is 0 Å². The van der Waals surface area contributed by atoms with Crippen molar-refractivity contribution < 1.29 is 19.0 Å². The summed E-state index contributed by atoms with van der Waals surface area (Å²) in [5.41, 5.74) is 2.82. The minimum atomic E-state index is -0.247. The van der Waals surface area contributed by atoms with Gasteiger partial charge in [-0.3, -0.25) is 9.36 Å². The smallest absolute Gasteiger partial charge is 0.271 e. The van der Waals surface area contributed by atoms with Crippen LogP contribution >= 0.6 is 34.7 Å². The fourth-order valence-electron chi connectivity index (χ4n) is 4.14. The highest BCUT2D eigenvalue weighted by atomic mass is 35.5. The molecule has 0 atom stereocenters. The molecule has 0 unspecified atom stereocenters. The molecule has 0 saturated carbocycles. The normalized spacial score (nSPS) is 11.9. The Morgan fingerprint density at radius 3 is 2.80 bits per heavy atom. The van der Waals surface area contributed by atoms with Gasteiger partial charge in [-0.2, -0.15) is 0 Å². The van der Waals surface area contributed by atoms with Gasteiger partial charge >= 0.3 is 0 Å². The van der Waals surface area contributed by atoms with Crippen molar-refractivity contribution in [2.24, 2.45) is 0 Å². The molecule has 202 valence electrons. The fourth-order valence-corrected chi connectivity index (χ4v) is 6.10. The molecule has 40 heavy (non-hydrogen) atoms. The Hall–Kier alpha value is -4.06. The van der Waals surface area contributed by atoms with Crippen LogP contribution in [0.4, 0.5) is 0 Å². The minimum Gasteiger partial charge on any atom is -0.495 e. The summed E-state index contributed by atoms with van der Waals surface area (Å²) in [5, 5.41) is 15.6. The lowest BCUT2D eigenvalue weighted by Gasteiger charge is -2.14. The van der Waals surface area contributed by atoms with Crippen LogP contribution in [-0.4, -0.2) is 39.6 Å². The van der Waals surface area contributed by atoms with E-state index < -0.39 is 0 Å². The molecular weight excluding hydrogens is 570 g/mol. The lowest BCUT2D eigenvalue weighted by Crippen LogP contribution is -2.23. The van der Waals surface area contributed by atoms with Gasteiger partial charge in [0.25, 0.3) is 5.91 Å². The Morgan fingerprint density at radius 2 is 1.93 bits per heavy atom. The Labute approximate surface area is 243 Å². The van der Waals surface area contributed by atoms with Crippen LogP contribution in [0.1, 0.15) is 21.1 Å². The predicted molar refractivity (Wildman–Crippen MR) is 154 cm³/mol. The highest BCUT2D eigenvalue weighted by Crippen LogP contribution is 2.36. The molecule has 1 amide bonds. The molecule has 1 aliphatic rings. The molecule has 1 N–H and O–H groups in total. The Balaban J connectivity index is 1.19. The molecule has 2 aromatic heterocycles. The fraction of sp³-hybridized carbons (Fsp3) is 0.143. The number of carbonyl (C=O) groups excluding carboxylic acids is 1. The molecule has 0 saturated heterocycles. The minimum absolute atomic E-state index is 0.210. The number of hydrogen-bond donors (Lipinski definition) is 1. The summed E-state index contributed by atoms with van der Waals surface area (Å²) < 4.78 is 18.3. The molecule has 3 heterocycles. The highest BCUT2D eigenvalue weighted by Gasteiger charge is 2.21. The molecule has 0 aliphatic carbocycles. The number of fused-ring (bicyclic) bond motifs is 1. The predicted octanol–water partition coefficient (Wildman–Crippen LogP) is 6.00. The number of rotatable bonds is 9. The van der Waals surface area contributed by atoms with Crippen molar-refractivity contribution in [2.45, 2.75) is 17.5 Å². The van der Waals surface area contributed by atoms with E-state index in [1.165, 1.54) is 23.1 Å². The van der Waals surface area contributed by atoms with Crippen LogP contribution in [0.25, 0.3) is 17.1 Å². The average molecular weight is 592 g/mol. The van der Waals surface area contributed by atoms with Gasteiger partial charge in [0.2, 0.25) is 6.79 Å². The molecule has 12 heteroatoms. The summed E-state index contributed by atoms with van der Waals surface area (Å²) in [6, 6.07) is 20.8. The van der Waals surface area contributed by atoms with Crippen molar-refractivity contribution in [3.63, 3.8) is 0 Å². The van der Waals surface area contributed by atoms with Gasteiger partial charge in [-0.15, -0.1) is 21.5 Å². The second kappa shape index (κ2) is 11.6. The monoisotopic (exact) mass is 591 g/mol. The van der Waals surface area contributed by atoms with Gasteiger partial charge in [-0.25, -0.2) is 4.98 Å². The van der Waals surface area contributed by atoms with Gasteiger partial charge in [-0.05, 0) is 42.0 Å². The average Bonchev–Trinajstić information content (AvgIpc) is 3.74. The molecule has 3 aromatic carbocycles. The van der Waals surface area contributed by atoms with Crippen LogP contribution in [-0.2, 0) is 12.3 Å². The second-order valence-electron chi connectivity index (χ2n) is 8.58. The maximum atomic E-state index is 12.8. The number of thiazole rings is 1. The van der Waals surface area contributed by atoms with E-state index in [0.717, 1.165) is 21.8 Å². The number of hydrogen-bond acceptors (Lipinski definition) is 9. The SMILES string of the molecule is COc1ccccc1-n1c(SCc2nc(C(=O)NCc3ccc4c(c3)OCO4)cs2)nnc1-c1ccccc1Cl. The van der Waals surface area contributed by atoms with Gasteiger partial charge in [0.15, 0.2) is 22.5 Å². The second-order valence-corrected chi connectivity index (χ2v) is 10.9. The highest BCUT2D eigenvalue weighted by molar-refractivity contribution is 7.98. The maximum Gasteiger partial charge on any atom is 0.271 e. The number of amides is 1. The lowest BCUT2D eigenvalue weighted by atomic mass is 10.2. The van der Waals surface area contributed by atoms with E-state index in [0.29, 0.717) is 51.2 Å². The molecule has 6 rings (SSSR count). The number of para-hydroxylation sites is 2. The van der Waals surface area contributed by atoms with Crippen LogP contribution < -0.4 is 19.5 Å². The van der Waals surface area contributed by atoms with E-state index in [1.54, 1.807) is 12.5 Å². The molecule has 0 radical (unpaired) electrons. The first-order chi connectivity index (χ1) is 19.6. The van der Waals surface area contributed by atoms with Crippen molar-refractivity contribution >= 4 is 40.6 Å². The lowest BCUT2D eigenvalue weighted by molar-refractivity contribution is 0.0946. The number of benzene rings is 3. The van der Waals surface area contributed by atoms with E-state index in [4.69, 9.17) is 25.8 Å². The summed E-state index contributed by atoms with van der Waals surface area (Å²) in [6.07, 6.45) is 0.